The van der Waals surface area contributed by atoms with Crippen LogP contribution in [0.1, 0.15) is 20.7 Å². The van der Waals surface area contributed by atoms with Crippen molar-refractivity contribution >= 4 is 31.7 Å². The number of carbonyl (C=O) groups is 2. The number of benzene rings is 1. The standard InChI is InChI=1S/C13H16N2O6S2/c1-22(18,19)8-6-14-23(20,21)9-7-15-12(16)10-4-2-3-5-11(10)13(15)17/h2-5,14H,6-9H2,1H3. The van der Waals surface area contributed by atoms with Crippen molar-refractivity contribution in [3.05, 3.63) is 35.4 Å². The molecule has 0 saturated heterocycles. The first-order chi connectivity index (χ1) is 10.6. The smallest absolute Gasteiger partial charge is 0.261 e. The molecule has 0 atom stereocenters. The van der Waals surface area contributed by atoms with Crippen molar-refractivity contribution in [3.8, 4) is 0 Å². The van der Waals surface area contributed by atoms with Crippen LogP contribution in [-0.4, -0.2) is 64.4 Å². The molecular formula is C13H16N2O6S2. The fourth-order valence-corrected chi connectivity index (χ4v) is 3.69. The molecule has 0 aromatic heterocycles. The number of fused-ring (bicyclic) bond motifs is 1. The molecule has 1 aliphatic heterocycles. The maximum Gasteiger partial charge on any atom is 0.261 e. The van der Waals surface area contributed by atoms with Gasteiger partial charge in [0.2, 0.25) is 10.0 Å². The van der Waals surface area contributed by atoms with Crippen molar-refractivity contribution in [2.24, 2.45) is 0 Å². The number of imide groups is 1. The summed E-state index contributed by atoms with van der Waals surface area (Å²) >= 11 is 0. The van der Waals surface area contributed by atoms with Gasteiger partial charge in [0.25, 0.3) is 11.8 Å². The number of hydrogen-bond donors (Lipinski definition) is 1. The highest BCUT2D eigenvalue weighted by molar-refractivity contribution is 7.91. The number of sulfonamides is 1. The Morgan fingerprint density at radius 1 is 0.957 bits per heavy atom. The average Bonchev–Trinajstić information content (AvgIpc) is 2.68. The van der Waals surface area contributed by atoms with Gasteiger partial charge in [-0.25, -0.2) is 21.6 Å². The fourth-order valence-electron chi connectivity index (χ4n) is 2.11. The first-order valence-corrected chi connectivity index (χ1v) is 10.4. The van der Waals surface area contributed by atoms with E-state index >= 15 is 0 Å². The largest absolute Gasteiger partial charge is 0.273 e. The van der Waals surface area contributed by atoms with Crippen LogP contribution in [0.25, 0.3) is 0 Å². The summed E-state index contributed by atoms with van der Waals surface area (Å²) in [4.78, 5) is 25.0. The number of nitrogens with one attached hydrogen (secondary N) is 1. The van der Waals surface area contributed by atoms with E-state index in [1.54, 1.807) is 12.1 Å². The minimum atomic E-state index is -3.79. The molecule has 0 bridgehead atoms. The van der Waals surface area contributed by atoms with Crippen LogP contribution in [0.15, 0.2) is 24.3 Å². The second-order valence-corrected chi connectivity index (χ2v) is 9.34. The van der Waals surface area contributed by atoms with Crippen molar-refractivity contribution in [2.75, 3.05) is 30.9 Å². The molecule has 0 aliphatic carbocycles. The summed E-state index contributed by atoms with van der Waals surface area (Å²) in [6, 6.07) is 6.26. The van der Waals surface area contributed by atoms with Gasteiger partial charge in [0.15, 0.2) is 0 Å². The highest BCUT2D eigenvalue weighted by Gasteiger charge is 2.35. The average molecular weight is 360 g/mol. The van der Waals surface area contributed by atoms with E-state index in [4.69, 9.17) is 0 Å². The lowest BCUT2D eigenvalue weighted by Crippen LogP contribution is -2.38. The van der Waals surface area contributed by atoms with E-state index in [-0.39, 0.29) is 30.0 Å². The van der Waals surface area contributed by atoms with Crippen molar-refractivity contribution in [1.29, 1.82) is 0 Å². The lowest BCUT2D eigenvalue weighted by Gasteiger charge is -2.14. The van der Waals surface area contributed by atoms with Gasteiger partial charge in [0, 0.05) is 19.3 Å². The van der Waals surface area contributed by atoms with Gasteiger partial charge in [-0.3, -0.25) is 14.5 Å². The third kappa shape index (κ3) is 4.36. The summed E-state index contributed by atoms with van der Waals surface area (Å²) in [5.41, 5.74) is 0.500. The summed E-state index contributed by atoms with van der Waals surface area (Å²) in [7, 11) is -7.06. The number of amides is 2. The molecule has 126 valence electrons. The van der Waals surface area contributed by atoms with Crippen LogP contribution in [0.2, 0.25) is 0 Å². The molecule has 1 aliphatic rings. The molecule has 1 aromatic rings. The molecule has 8 nitrogen and oxygen atoms in total. The first kappa shape index (κ1) is 17.6. The highest BCUT2D eigenvalue weighted by Crippen LogP contribution is 2.21. The van der Waals surface area contributed by atoms with Gasteiger partial charge in [-0.05, 0) is 12.1 Å². The Kier molecular flexibility index (Phi) is 4.87. The van der Waals surface area contributed by atoms with Crippen LogP contribution in [-0.2, 0) is 19.9 Å². The Labute approximate surface area is 134 Å². The van der Waals surface area contributed by atoms with E-state index < -0.39 is 37.4 Å². The summed E-state index contributed by atoms with van der Waals surface area (Å²) < 4.78 is 47.7. The van der Waals surface area contributed by atoms with Gasteiger partial charge in [0.1, 0.15) is 9.84 Å². The second-order valence-electron chi connectivity index (χ2n) is 5.15. The molecule has 0 saturated carbocycles. The molecule has 1 heterocycles. The SMILES string of the molecule is CS(=O)(=O)CCNS(=O)(=O)CCN1C(=O)c2ccccc2C1=O. The summed E-state index contributed by atoms with van der Waals surface area (Å²) in [5.74, 6) is -1.87. The molecule has 1 N–H and O–H groups in total. The van der Waals surface area contributed by atoms with E-state index in [0.717, 1.165) is 11.2 Å². The Hall–Kier alpha value is -1.78. The Morgan fingerprint density at radius 3 is 1.96 bits per heavy atom. The zero-order valence-corrected chi connectivity index (χ0v) is 14.0. The van der Waals surface area contributed by atoms with Gasteiger partial charge >= 0.3 is 0 Å². The van der Waals surface area contributed by atoms with Crippen LogP contribution in [0, 0.1) is 0 Å². The number of carbonyl (C=O) groups excluding carboxylic acids is 2. The molecule has 0 radical (unpaired) electrons. The molecule has 0 unspecified atom stereocenters. The van der Waals surface area contributed by atoms with E-state index in [2.05, 4.69) is 4.72 Å². The van der Waals surface area contributed by atoms with Crippen molar-refractivity contribution in [2.45, 2.75) is 0 Å². The van der Waals surface area contributed by atoms with Crippen LogP contribution >= 0.6 is 0 Å². The molecule has 1 aromatic carbocycles. The lowest BCUT2D eigenvalue weighted by molar-refractivity contribution is 0.0664. The van der Waals surface area contributed by atoms with Gasteiger partial charge in [0.05, 0.1) is 22.6 Å². The number of nitrogens with zero attached hydrogens (tertiary/aromatic N) is 1. The van der Waals surface area contributed by atoms with Crippen LogP contribution in [0.5, 0.6) is 0 Å². The quantitative estimate of drug-likeness (QED) is 0.639. The normalized spacial score (nSPS) is 15.1. The zero-order valence-electron chi connectivity index (χ0n) is 12.4. The summed E-state index contributed by atoms with van der Waals surface area (Å²) in [6.45, 7) is -0.538. The predicted molar refractivity (Wildman–Crippen MR) is 83.3 cm³/mol. The number of sulfone groups is 1. The maximum atomic E-state index is 12.1. The summed E-state index contributed by atoms with van der Waals surface area (Å²) in [5, 5.41) is 0. The molecule has 0 spiro atoms. The zero-order chi connectivity index (χ0) is 17.3. The maximum absolute atomic E-state index is 12.1. The molecule has 0 fully saturated rings. The van der Waals surface area contributed by atoms with E-state index in [0.29, 0.717) is 0 Å². The minimum Gasteiger partial charge on any atom is -0.273 e. The first-order valence-electron chi connectivity index (χ1n) is 6.71. The number of hydrogen-bond acceptors (Lipinski definition) is 6. The van der Waals surface area contributed by atoms with Crippen molar-refractivity contribution in [3.63, 3.8) is 0 Å². The fraction of sp³-hybridized carbons (Fsp3) is 0.385. The minimum absolute atomic E-state index is 0.247. The molecule has 2 rings (SSSR count). The second kappa shape index (κ2) is 6.38. The van der Waals surface area contributed by atoms with E-state index in [1.807, 2.05) is 0 Å². The van der Waals surface area contributed by atoms with Crippen LogP contribution < -0.4 is 4.72 Å². The van der Waals surface area contributed by atoms with E-state index in [9.17, 15) is 26.4 Å². The van der Waals surface area contributed by atoms with Crippen LogP contribution in [0.4, 0.5) is 0 Å². The van der Waals surface area contributed by atoms with Gasteiger partial charge in [-0.1, -0.05) is 12.1 Å². The topological polar surface area (TPSA) is 118 Å². The number of rotatable bonds is 7. The molecular weight excluding hydrogens is 344 g/mol. The third-order valence-corrected chi connectivity index (χ3v) is 5.57. The monoisotopic (exact) mass is 360 g/mol. The Bertz CT molecular complexity index is 810. The molecule has 23 heavy (non-hydrogen) atoms. The third-order valence-electron chi connectivity index (χ3n) is 3.26. The van der Waals surface area contributed by atoms with E-state index in [1.165, 1.54) is 12.1 Å². The van der Waals surface area contributed by atoms with Crippen molar-refractivity contribution in [1.82, 2.24) is 9.62 Å². The van der Waals surface area contributed by atoms with Crippen molar-refractivity contribution < 1.29 is 26.4 Å². The van der Waals surface area contributed by atoms with Gasteiger partial charge in [-0.2, -0.15) is 0 Å². The van der Waals surface area contributed by atoms with Crippen LogP contribution in [0.3, 0.4) is 0 Å². The lowest BCUT2D eigenvalue weighted by atomic mass is 10.1. The summed E-state index contributed by atoms with van der Waals surface area (Å²) in [6.07, 6.45) is 1.00. The highest BCUT2D eigenvalue weighted by atomic mass is 32.2. The Morgan fingerprint density at radius 2 is 1.48 bits per heavy atom. The van der Waals surface area contributed by atoms with Gasteiger partial charge < -0.3 is 0 Å². The predicted octanol–water partition coefficient (Wildman–Crippen LogP) is -0.753. The molecule has 10 heteroatoms. The molecule has 2 amide bonds. The Balaban J connectivity index is 1.96. The van der Waals surface area contributed by atoms with Gasteiger partial charge in [-0.15, -0.1) is 0 Å².